The molecule has 22 heavy (non-hydrogen) atoms. The number of ether oxygens (including phenoxy) is 1. The lowest BCUT2D eigenvalue weighted by Crippen LogP contribution is -2.37. The lowest BCUT2D eigenvalue weighted by molar-refractivity contribution is 0.0720. The van der Waals surface area contributed by atoms with Crippen LogP contribution in [0, 0.1) is 0 Å². The van der Waals surface area contributed by atoms with E-state index in [1.54, 1.807) is 25.4 Å². The van der Waals surface area contributed by atoms with E-state index in [1.165, 1.54) is 11.1 Å². The van der Waals surface area contributed by atoms with Gasteiger partial charge >= 0.3 is 0 Å². The smallest absolute Gasteiger partial charge is 0.255 e. The van der Waals surface area contributed by atoms with Gasteiger partial charge in [0.25, 0.3) is 5.91 Å². The quantitative estimate of drug-likeness (QED) is 0.821. The first-order valence-electron chi connectivity index (χ1n) is 7.16. The van der Waals surface area contributed by atoms with Crippen molar-refractivity contribution in [2.45, 2.75) is 19.4 Å². The van der Waals surface area contributed by atoms with Gasteiger partial charge in [0.15, 0.2) is 0 Å². The largest absolute Gasteiger partial charge is 0.481 e. The Balaban J connectivity index is 1.85. The van der Waals surface area contributed by atoms with Gasteiger partial charge in [-0.05, 0) is 35.2 Å². The molecule has 0 fully saturated rings. The van der Waals surface area contributed by atoms with Crippen molar-refractivity contribution in [2.24, 2.45) is 0 Å². The summed E-state index contributed by atoms with van der Waals surface area (Å²) in [7, 11) is 1.56. The van der Waals surface area contributed by atoms with Crippen molar-refractivity contribution in [3.63, 3.8) is 0 Å². The number of amides is 1. The van der Waals surface area contributed by atoms with Crippen LogP contribution < -0.4 is 4.74 Å². The molecular weight excluding hydrogens is 344 g/mol. The minimum Gasteiger partial charge on any atom is -0.481 e. The molecule has 1 aromatic heterocycles. The molecule has 0 N–H and O–H groups in total. The summed E-state index contributed by atoms with van der Waals surface area (Å²) in [6.07, 6.45) is 1.57. The minimum absolute atomic E-state index is 0.00706. The Morgan fingerprint density at radius 2 is 2.18 bits per heavy atom. The molecule has 1 unspecified atom stereocenters. The fourth-order valence-electron chi connectivity index (χ4n) is 2.86. The summed E-state index contributed by atoms with van der Waals surface area (Å²) in [6.45, 7) is 3.50. The van der Waals surface area contributed by atoms with Gasteiger partial charge in [-0.2, -0.15) is 0 Å². The number of fused-ring (bicyclic) bond motifs is 1. The van der Waals surface area contributed by atoms with Crippen LogP contribution in [0.4, 0.5) is 0 Å². The summed E-state index contributed by atoms with van der Waals surface area (Å²) >= 11 is 3.50. The Labute approximate surface area is 138 Å². The zero-order chi connectivity index (χ0) is 15.7. The standard InChI is InChI=1S/C17H17BrN2O2/c1-11-9-20(10-13-7-14(18)4-5-15(11)13)17(21)12-3-6-16(22-2)19-8-12/h3-8,11H,9-10H2,1-2H3. The molecule has 0 bridgehead atoms. The van der Waals surface area contributed by atoms with Crippen LogP contribution in [0.15, 0.2) is 41.0 Å². The number of rotatable bonds is 2. The van der Waals surface area contributed by atoms with E-state index in [4.69, 9.17) is 4.74 Å². The van der Waals surface area contributed by atoms with Crippen LogP contribution in [0.1, 0.15) is 34.3 Å². The van der Waals surface area contributed by atoms with Crippen LogP contribution in [0.5, 0.6) is 5.88 Å². The lowest BCUT2D eigenvalue weighted by atomic mass is 9.91. The van der Waals surface area contributed by atoms with Crippen molar-refractivity contribution in [2.75, 3.05) is 13.7 Å². The van der Waals surface area contributed by atoms with Gasteiger partial charge in [-0.3, -0.25) is 4.79 Å². The third-order valence-electron chi connectivity index (χ3n) is 3.97. The fraction of sp³-hybridized carbons (Fsp3) is 0.294. The highest BCUT2D eigenvalue weighted by atomic mass is 79.9. The normalized spacial score (nSPS) is 17.0. The van der Waals surface area contributed by atoms with Crippen LogP contribution in [-0.2, 0) is 6.54 Å². The Kier molecular flexibility index (Phi) is 4.16. The van der Waals surface area contributed by atoms with Gasteiger partial charge in [-0.1, -0.05) is 28.9 Å². The predicted molar refractivity (Wildman–Crippen MR) is 88.1 cm³/mol. The van der Waals surface area contributed by atoms with Gasteiger partial charge in [-0.15, -0.1) is 0 Å². The highest BCUT2D eigenvalue weighted by Gasteiger charge is 2.26. The number of aromatic nitrogens is 1. The average Bonchev–Trinajstić information content (AvgIpc) is 2.53. The molecule has 1 amide bonds. The summed E-state index contributed by atoms with van der Waals surface area (Å²) in [5, 5.41) is 0. The Morgan fingerprint density at radius 3 is 2.86 bits per heavy atom. The van der Waals surface area contributed by atoms with E-state index in [0.29, 0.717) is 23.9 Å². The van der Waals surface area contributed by atoms with Crippen LogP contribution in [-0.4, -0.2) is 29.4 Å². The van der Waals surface area contributed by atoms with Crippen LogP contribution >= 0.6 is 15.9 Å². The first-order valence-corrected chi connectivity index (χ1v) is 7.95. The number of pyridine rings is 1. The molecule has 2 heterocycles. The topological polar surface area (TPSA) is 42.4 Å². The Morgan fingerprint density at radius 1 is 1.36 bits per heavy atom. The van der Waals surface area contributed by atoms with E-state index in [0.717, 1.165) is 11.0 Å². The SMILES string of the molecule is COc1ccc(C(=O)N2Cc3cc(Br)ccc3C(C)C2)cn1. The van der Waals surface area contributed by atoms with Crippen molar-refractivity contribution >= 4 is 21.8 Å². The monoisotopic (exact) mass is 360 g/mol. The number of carbonyl (C=O) groups excluding carboxylic acids is 1. The number of hydrogen-bond donors (Lipinski definition) is 0. The molecule has 1 aromatic carbocycles. The predicted octanol–water partition coefficient (Wildman–Crippen LogP) is 3.61. The Bertz CT molecular complexity index is 700. The summed E-state index contributed by atoms with van der Waals surface area (Å²) in [5.74, 6) is 0.845. The van der Waals surface area contributed by atoms with Crippen LogP contribution in [0.3, 0.4) is 0 Å². The third-order valence-corrected chi connectivity index (χ3v) is 4.46. The van der Waals surface area contributed by atoms with Crippen molar-refractivity contribution in [1.82, 2.24) is 9.88 Å². The molecule has 0 radical (unpaired) electrons. The molecule has 4 nitrogen and oxygen atoms in total. The molecule has 3 rings (SSSR count). The van der Waals surface area contributed by atoms with Crippen molar-refractivity contribution in [3.05, 3.63) is 57.7 Å². The molecular formula is C17H17BrN2O2. The van der Waals surface area contributed by atoms with E-state index >= 15 is 0 Å². The minimum atomic E-state index is 0.00706. The zero-order valence-corrected chi connectivity index (χ0v) is 14.1. The number of benzene rings is 1. The van der Waals surface area contributed by atoms with E-state index in [1.807, 2.05) is 4.90 Å². The molecule has 114 valence electrons. The maximum absolute atomic E-state index is 12.7. The number of halogens is 1. The summed E-state index contributed by atoms with van der Waals surface area (Å²) in [6, 6.07) is 9.76. The van der Waals surface area contributed by atoms with E-state index in [2.05, 4.69) is 46.0 Å². The van der Waals surface area contributed by atoms with Crippen LogP contribution in [0.2, 0.25) is 0 Å². The summed E-state index contributed by atoms with van der Waals surface area (Å²) < 4.78 is 6.07. The molecule has 0 spiro atoms. The molecule has 1 aliphatic heterocycles. The zero-order valence-electron chi connectivity index (χ0n) is 12.5. The van der Waals surface area contributed by atoms with E-state index in [9.17, 15) is 4.79 Å². The van der Waals surface area contributed by atoms with Crippen molar-refractivity contribution in [1.29, 1.82) is 0 Å². The van der Waals surface area contributed by atoms with E-state index in [-0.39, 0.29) is 5.91 Å². The van der Waals surface area contributed by atoms with E-state index < -0.39 is 0 Å². The second-order valence-corrected chi connectivity index (χ2v) is 6.43. The lowest BCUT2D eigenvalue weighted by Gasteiger charge is -2.33. The molecule has 0 saturated carbocycles. The van der Waals surface area contributed by atoms with Gasteiger partial charge in [0, 0.05) is 29.8 Å². The second kappa shape index (κ2) is 6.08. The highest BCUT2D eigenvalue weighted by Crippen LogP contribution is 2.30. The molecule has 5 heteroatoms. The number of carbonyl (C=O) groups is 1. The average molecular weight is 361 g/mol. The molecule has 0 aliphatic carbocycles. The molecule has 2 aromatic rings. The fourth-order valence-corrected chi connectivity index (χ4v) is 3.26. The maximum atomic E-state index is 12.7. The number of hydrogen-bond acceptors (Lipinski definition) is 3. The van der Waals surface area contributed by atoms with Crippen molar-refractivity contribution in [3.8, 4) is 5.88 Å². The molecule has 1 aliphatic rings. The highest BCUT2D eigenvalue weighted by molar-refractivity contribution is 9.10. The third kappa shape index (κ3) is 2.86. The first kappa shape index (κ1) is 15.0. The second-order valence-electron chi connectivity index (χ2n) is 5.52. The van der Waals surface area contributed by atoms with Gasteiger partial charge in [-0.25, -0.2) is 4.98 Å². The molecule has 1 atom stereocenters. The summed E-state index contributed by atoms with van der Waals surface area (Å²) in [5.41, 5.74) is 3.11. The van der Waals surface area contributed by atoms with Gasteiger partial charge in [0.2, 0.25) is 5.88 Å². The molecule has 0 saturated heterocycles. The first-order chi connectivity index (χ1) is 10.6. The number of nitrogens with zero attached hydrogens (tertiary/aromatic N) is 2. The summed E-state index contributed by atoms with van der Waals surface area (Å²) in [4.78, 5) is 18.7. The van der Waals surface area contributed by atoms with Crippen LogP contribution in [0.25, 0.3) is 0 Å². The Hall–Kier alpha value is -1.88. The number of methoxy groups -OCH3 is 1. The maximum Gasteiger partial charge on any atom is 0.255 e. The van der Waals surface area contributed by atoms with Gasteiger partial charge in [0.05, 0.1) is 12.7 Å². The van der Waals surface area contributed by atoms with Gasteiger partial charge in [0.1, 0.15) is 0 Å². The van der Waals surface area contributed by atoms with Gasteiger partial charge < -0.3 is 9.64 Å². The van der Waals surface area contributed by atoms with Crippen molar-refractivity contribution < 1.29 is 9.53 Å².